The van der Waals surface area contributed by atoms with E-state index in [9.17, 15) is 19.7 Å². The third-order valence-corrected chi connectivity index (χ3v) is 3.79. The maximum atomic E-state index is 12.4. The third kappa shape index (κ3) is 4.39. The molecule has 7 heteroatoms. The van der Waals surface area contributed by atoms with Crippen molar-refractivity contribution in [2.24, 2.45) is 0 Å². The lowest BCUT2D eigenvalue weighted by molar-refractivity contribution is -0.384. The van der Waals surface area contributed by atoms with Gasteiger partial charge in [0.15, 0.2) is 5.78 Å². The second-order valence-corrected chi connectivity index (χ2v) is 5.61. The van der Waals surface area contributed by atoms with E-state index in [1.165, 1.54) is 31.2 Å². The Morgan fingerprint density at radius 2 is 1.79 bits per heavy atom. The summed E-state index contributed by atoms with van der Waals surface area (Å²) in [7, 11) is 0. The molecule has 124 valence electrons. The Hall–Kier alpha value is -2.73. The molecule has 2 rings (SSSR count). The number of carbonyl (C=O) groups is 2. The number of nitrogens with one attached hydrogen (secondary N) is 1. The SMILES string of the molecule is CC(=O)NC(CC(=O)c1ccc([N+](=O)[O-])cc1)c1ccccc1Cl. The van der Waals surface area contributed by atoms with E-state index >= 15 is 0 Å². The summed E-state index contributed by atoms with van der Waals surface area (Å²) in [5, 5.41) is 13.8. The quantitative estimate of drug-likeness (QED) is 0.490. The van der Waals surface area contributed by atoms with Crippen molar-refractivity contribution in [2.75, 3.05) is 0 Å². The zero-order valence-corrected chi connectivity index (χ0v) is 13.6. The predicted molar refractivity (Wildman–Crippen MR) is 90.1 cm³/mol. The zero-order chi connectivity index (χ0) is 17.7. The van der Waals surface area contributed by atoms with Crippen LogP contribution in [-0.4, -0.2) is 16.6 Å². The monoisotopic (exact) mass is 346 g/mol. The number of ketones is 1. The fourth-order valence-corrected chi connectivity index (χ4v) is 2.58. The van der Waals surface area contributed by atoms with Crippen molar-refractivity contribution in [3.05, 3.63) is 74.8 Å². The molecule has 1 N–H and O–H groups in total. The highest BCUT2D eigenvalue weighted by atomic mass is 35.5. The average molecular weight is 347 g/mol. The van der Waals surface area contributed by atoms with Gasteiger partial charge in [-0.15, -0.1) is 0 Å². The summed E-state index contributed by atoms with van der Waals surface area (Å²) in [6.07, 6.45) is 0.00112. The van der Waals surface area contributed by atoms with Crippen LogP contribution >= 0.6 is 11.6 Å². The average Bonchev–Trinajstić information content (AvgIpc) is 2.54. The van der Waals surface area contributed by atoms with E-state index < -0.39 is 11.0 Å². The van der Waals surface area contributed by atoms with E-state index in [4.69, 9.17) is 11.6 Å². The number of halogens is 1. The summed E-state index contributed by atoms with van der Waals surface area (Å²) in [5.41, 5.74) is 0.892. The van der Waals surface area contributed by atoms with Gasteiger partial charge in [-0.2, -0.15) is 0 Å². The summed E-state index contributed by atoms with van der Waals surface area (Å²) >= 11 is 6.15. The van der Waals surface area contributed by atoms with Crippen LogP contribution in [0.4, 0.5) is 5.69 Å². The molecule has 0 aromatic heterocycles. The highest BCUT2D eigenvalue weighted by Gasteiger charge is 2.20. The number of benzene rings is 2. The smallest absolute Gasteiger partial charge is 0.269 e. The maximum Gasteiger partial charge on any atom is 0.269 e. The number of Topliss-reactive ketones (excluding diaryl/α,β-unsaturated/α-hetero) is 1. The number of carbonyl (C=O) groups excluding carboxylic acids is 2. The van der Waals surface area contributed by atoms with Crippen molar-refractivity contribution >= 4 is 29.0 Å². The van der Waals surface area contributed by atoms with Gasteiger partial charge < -0.3 is 5.32 Å². The van der Waals surface area contributed by atoms with Gasteiger partial charge in [0.1, 0.15) is 0 Å². The molecule has 0 radical (unpaired) electrons. The van der Waals surface area contributed by atoms with Gasteiger partial charge in [0.25, 0.3) is 5.69 Å². The molecule has 24 heavy (non-hydrogen) atoms. The molecular weight excluding hydrogens is 332 g/mol. The molecule has 2 aromatic carbocycles. The predicted octanol–water partition coefficient (Wildman–Crippen LogP) is 3.70. The topological polar surface area (TPSA) is 89.3 Å². The van der Waals surface area contributed by atoms with E-state index in [0.29, 0.717) is 16.1 Å². The van der Waals surface area contributed by atoms with Crippen LogP contribution in [0.1, 0.15) is 35.3 Å². The van der Waals surface area contributed by atoms with Crippen molar-refractivity contribution < 1.29 is 14.5 Å². The normalized spacial score (nSPS) is 11.6. The fourth-order valence-electron chi connectivity index (χ4n) is 2.31. The first-order valence-electron chi connectivity index (χ1n) is 7.17. The highest BCUT2D eigenvalue weighted by molar-refractivity contribution is 6.31. The Morgan fingerprint density at radius 3 is 2.33 bits per heavy atom. The summed E-state index contributed by atoms with van der Waals surface area (Å²) in [5.74, 6) is -0.528. The molecule has 1 amide bonds. The van der Waals surface area contributed by atoms with Gasteiger partial charge >= 0.3 is 0 Å². The number of nitro groups is 1. The molecule has 0 saturated heterocycles. The Morgan fingerprint density at radius 1 is 1.17 bits per heavy atom. The van der Waals surface area contributed by atoms with Crippen molar-refractivity contribution in [1.29, 1.82) is 0 Å². The van der Waals surface area contributed by atoms with Crippen LogP contribution < -0.4 is 5.32 Å². The van der Waals surface area contributed by atoms with Crippen LogP contribution in [0, 0.1) is 10.1 Å². The number of amides is 1. The van der Waals surface area contributed by atoms with Gasteiger partial charge in [-0.05, 0) is 23.8 Å². The Labute approximate surface area is 143 Å². The Kier molecular flexibility index (Phi) is 5.65. The van der Waals surface area contributed by atoms with Crippen LogP contribution in [-0.2, 0) is 4.79 Å². The minimum absolute atomic E-state index is 0.00112. The molecule has 0 heterocycles. The van der Waals surface area contributed by atoms with E-state index in [1.807, 2.05) is 0 Å². The number of hydrogen-bond acceptors (Lipinski definition) is 4. The van der Waals surface area contributed by atoms with Crippen molar-refractivity contribution in [3.8, 4) is 0 Å². The second kappa shape index (κ2) is 7.70. The first-order chi connectivity index (χ1) is 11.4. The Bertz CT molecular complexity index is 774. The molecule has 0 aliphatic carbocycles. The number of hydrogen-bond donors (Lipinski definition) is 1. The Balaban J connectivity index is 2.22. The molecule has 1 atom stereocenters. The lowest BCUT2D eigenvalue weighted by Crippen LogP contribution is -2.28. The summed E-state index contributed by atoms with van der Waals surface area (Å²) in [4.78, 5) is 34.0. The largest absolute Gasteiger partial charge is 0.349 e. The van der Waals surface area contributed by atoms with Crippen LogP contribution in [0.25, 0.3) is 0 Å². The van der Waals surface area contributed by atoms with E-state index in [0.717, 1.165) is 0 Å². The van der Waals surface area contributed by atoms with Gasteiger partial charge in [0.05, 0.1) is 11.0 Å². The molecule has 1 unspecified atom stereocenters. The van der Waals surface area contributed by atoms with E-state index in [2.05, 4.69) is 5.32 Å². The molecule has 2 aromatic rings. The molecule has 0 bridgehead atoms. The standard InChI is InChI=1S/C17H15ClN2O4/c1-11(21)19-16(14-4-2-3-5-15(14)18)10-17(22)12-6-8-13(9-7-12)20(23)24/h2-9,16H,10H2,1H3,(H,19,21). The van der Waals surface area contributed by atoms with E-state index in [1.54, 1.807) is 24.3 Å². The van der Waals surface area contributed by atoms with Crippen LogP contribution in [0.5, 0.6) is 0 Å². The molecule has 6 nitrogen and oxygen atoms in total. The van der Waals surface area contributed by atoms with E-state index in [-0.39, 0.29) is 23.8 Å². The van der Waals surface area contributed by atoms with Crippen LogP contribution in [0.15, 0.2) is 48.5 Å². The molecular formula is C17H15ClN2O4. The lowest BCUT2D eigenvalue weighted by Gasteiger charge is -2.19. The van der Waals surface area contributed by atoms with Crippen molar-refractivity contribution in [2.45, 2.75) is 19.4 Å². The number of rotatable bonds is 6. The number of nitrogens with zero attached hydrogens (tertiary/aromatic N) is 1. The molecule has 0 aliphatic heterocycles. The number of non-ortho nitro benzene ring substituents is 1. The summed E-state index contributed by atoms with van der Waals surface area (Å²) in [6, 6.07) is 11.7. The molecule has 0 aliphatic rings. The summed E-state index contributed by atoms with van der Waals surface area (Å²) < 4.78 is 0. The fraction of sp³-hybridized carbons (Fsp3) is 0.176. The number of nitro benzene ring substituents is 1. The first-order valence-corrected chi connectivity index (χ1v) is 7.55. The maximum absolute atomic E-state index is 12.4. The zero-order valence-electron chi connectivity index (χ0n) is 12.9. The van der Waals surface area contributed by atoms with Crippen molar-refractivity contribution in [3.63, 3.8) is 0 Å². The van der Waals surface area contributed by atoms with Crippen molar-refractivity contribution in [1.82, 2.24) is 5.32 Å². The first kappa shape index (κ1) is 17.6. The molecule has 0 spiro atoms. The minimum Gasteiger partial charge on any atom is -0.349 e. The second-order valence-electron chi connectivity index (χ2n) is 5.21. The third-order valence-electron chi connectivity index (χ3n) is 3.45. The van der Waals surface area contributed by atoms with Gasteiger partial charge in [-0.1, -0.05) is 29.8 Å². The van der Waals surface area contributed by atoms with Gasteiger partial charge in [0.2, 0.25) is 5.91 Å². The molecule has 0 fully saturated rings. The van der Waals surface area contributed by atoms with Gasteiger partial charge in [-0.25, -0.2) is 0 Å². The minimum atomic E-state index is -0.570. The van der Waals surface area contributed by atoms with Crippen LogP contribution in [0.2, 0.25) is 5.02 Å². The van der Waals surface area contributed by atoms with Gasteiger partial charge in [0, 0.05) is 36.1 Å². The molecule has 0 saturated carbocycles. The van der Waals surface area contributed by atoms with Gasteiger partial charge in [-0.3, -0.25) is 19.7 Å². The lowest BCUT2D eigenvalue weighted by atomic mass is 9.97. The summed E-state index contributed by atoms with van der Waals surface area (Å²) in [6.45, 7) is 1.36. The van der Waals surface area contributed by atoms with Crippen LogP contribution in [0.3, 0.4) is 0 Å². The highest BCUT2D eigenvalue weighted by Crippen LogP contribution is 2.26.